The number of carbonyl (C=O) groups excluding carboxylic acids is 15. The van der Waals surface area contributed by atoms with Crippen LogP contribution in [0.15, 0.2) is 60.9 Å². The number of nitrogens with two attached hydrogens (primary N) is 4. The molecule has 0 saturated heterocycles. The Morgan fingerprint density at radius 3 is 1.23 bits per heavy atom. The molecule has 0 aliphatic rings. The van der Waals surface area contributed by atoms with E-state index in [1.165, 1.54) is 20.8 Å². The van der Waals surface area contributed by atoms with Crippen molar-refractivity contribution in [3.8, 4) is 0 Å². The van der Waals surface area contributed by atoms with Crippen molar-refractivity contribution in [1.82, 2.24) is 84.4 Å². The minimum Gasteiger partial charge on any atom is -0.481 e. The number of aliphatic carboxylic acids is 3. The van der Waals surface area contributed by atoms with Crippen molar-refractivity contribution in [1.29, 1.82) is 0 Å². The Morgan fingerprint density at radius 1 is 0.403 bits per heavy atom. The van der Waals surface area contributed by atoms with Crippen LogP contribution in [0, 0.1) is 17.8 Å². The number of carboxylic acids is 3. The lowest BCUT2D eigenvalue weighted by molar-refractivity contribution is -0.142. The topological polar surface area (TPSA) is 692 Å². The molecule has 28 N–H and O–H groups in total. The summed E-state index contributed by atoms with van der Waals surface area (Å²) in [6.45, 7) is 11.8. The Hall–Kier alpha value is -11.5. The summed E-state index contributed by atoms with van der Waals surface area (Å²) >= 11 is 8.49. The van der Waals surface area contributed by atoms with Gasteiger partial charge in [-0.1, -0.05) is 77.9 Å². The SMILES string of the molecule is CC(C)C[C@H](NC(=O)[C@@H](NC(=O)[C@H](CCCCN)NC(=O)[C@H](CS)NC(=O)[C@H](CCCCN)NC(=O)CNC(=O)[C@H](CC(N)=O)NC(=O)[C@@H](N)CC(C)C)[C@@H](C)O)C(=O)N[C@@H](CCC(=O)O)C(=O)N[C@@H](CCC(=O)O)C(=O)N[C@H](C(=O)N[C@@H](Cc1c[nH]c2ccccc12)C(=O)N[C@@H](C)C(=O)N[C@@H](CS)C(=O)N[C@@H](Cc1c[nH]c2ccccc12)C(=O)O)C(C)C. The second-order valence-corrected chi connectivity index (χ2v) is 32.1. The molecule has 2 heterocycles. The highest BCUT2D eigenvalue weighted by Crippen LogP contribution is 2.22. The highest BCUT2D eigenvalue weighted by molar-refractivity contribution is 7.80. The molecule has 686 valence electrons. The fourth-order valence-corrected chi connectivity index (χ4v) is 13.5. The van der Waals surface area contributed by atoms with Gasteiger partial charge in [0.2, 0.25) is 88.6 Å². The lowest BCUT2D eigenvalue weighted by Gasteiger charge is -2.29. The average Bonchev–Trinajstić information content (AvgIpc) is 1.66. The van der Waals surface area contributed by atoms with Crippen LogP contribution < -0.4 is 97.4 Å². The number of unbranched alkanes of at least 4 members (excludes halogenated alkanes) is 2. The van der Waals surface area contributed by atoms with Crippen LogP contribution in [-0.2, 0) is 99.1 Å². The molecule has 42 nitrogen and oxygen atoms in total. The highest BCUT2D eigenvalue weighted by Gasteiger charge is 2.40. The predicted octanol–water partition coefficient (Wildman–Crippen LogP) is -3.86. The van der Waals surface area contributed by atoms with Crippen molar-refractivity contribution >= 4 is 154 Å². The summed E-state index contributed by atoms with van der Waals surface area (Å²) in [6.07, 6.45) is -1.63. The van der Waals surface area contributed by atoms with Crippen LogP contribution in [0.1, 0.15) is 150 Å². The second kappa shape index (κ2) is 52.9. The molecule has 15 atom stereocenters. The quantitative estimate of drug-likeness (QED) is 0.0149. The number of primary amides is 1. The number of carboxylic acid groups (broad SMARTS) is 3. The van der Waals surface area contributed by atoms with Crippen molar-refractivity contribution in [3.63, 3.8) is 0 Å². The van der Waals surface area contributed by atoms with Crippen molar-refractivity contribution in [2.75, 3.05) is 31.1 Å². The number of benzene rings is 2. The number of aromatic amines is 2. The zero-order valence-electron chi connectivity index (χ0n) is 70.6. The minimum atomic E-state index is -1.92. The number of aromatic nitrogens is 2. The molecule has 0 radical (unpaired) electrons. The van der Waals surface area contributed by atoms with Gasteiger partial charge in [0, 0.05) is 71.4 Å². The summed E-state index contributed by atoms with van der Waals surface area (Å²) in [5.41, 5.74) is 25.2. The molecule has 44 heteroatoms. The van der Waals surface area contributed by atoms with Crippen molar-refractivity contribution in [2.45, 2.75) is 242 Å². The summed E-state index contributed by atoms with van der Waals surface area (Å²) in [5, 5.41) is 76.7. The molecule has 2 aromatic heterocycles. The standard InChI is InChI=1S/C80H122N20O22S2/c1-39(2)29-48(83)68(109)93-57(33-61(84)102)69(110)87-36-62(103)89-51(21-13-15-27-81)70(111)98-60(38-124)76(117)90-52(22-14-16-28-82)72(113)100-66(43(8)101)79(120)94-55(30-40(3)4)75(116)92-53(23-25-63(104)105)71(112)91-54(24-26-64(106)107)73(114)99-65(41(5)6)78(119)95-56(31-44-34-85-49-19-11-9-17-46(44)49)74(115)88-42(7)67(108)97-59(37-123)77(118)96-58(80(121)122)32-45-35-86-50-20-12-10-18-47(45)50/h9-12,17-20,34-35,39-43,48,51-60,65-66,85-86,101,123-124H,13-16,21-33,36-38,81-83H2,1-8H3,(H2,84,102)(H,87,110)(H,88,115)(H,89,103)(H,90,117)(H,91,112)(H,92,116)(H,93,109)(H,94,120)(H,95,119)(H,96,118)(H,97,108)(H,98,111)(H,99,114)(H,100,113)(H,104,105)(H,106,107)(H,121,122)/t42-,43+,48-,51-,52-,53-,54-,55-,56-,57-,58-,59-,60-,65-,66-/m0/s1. The van der Waals surface area contributed by atoms with Gasteiger partial charge in [-0.2, -0.15) is 25.3 Å². The number of H-pyrrole nitrogens is 2. The Balaban J connectivity index is 1.54. The molecule has 4 aromatic rings. The summed E-state index contributed by atoms with van der Waals surface area (Å²) in [6, 6.07) is -7.72. The van der Waals surface area contributed by atoms with Crippen LogP contribution in [0.2, 0.25) is 0 Å². The summed E-state index contributed by atoms with van der Waals surface area (Å²) in [5.74, 6) is -21.5. The van der Waals surface area contributed by atoms with Gasteiger partial charge in [0.25, 0.3) is 0 Å². The van der Waals surface area contributed by atoms with E-state index in [1.54, 1.807) is 74.8 Å². The molecule has 0 bridgehead atoms. The van der Waals surface area contributed by atoms with Gasteiger partial charge in [-0.15, -0.1) is 0 Å². The predicted molar refractivity (Wildman–Crippen MR) is 460 cm³/mol. The third-order valence-corrected chi connectivity index (χ3v) is 20.5. The summed E-state index contributed by atoms with van der Waals surface area (Å²) in [4.78, 5) is 251. The van der Waals surface area contributed by atoms with Crippen LogP contribution in [0.3, 0.4) is 0 Å². The van der Waals surface area contributed by atoms with E-state index in [1.807, 2.05) is 13.8 Å². The van der Waals surface area contributed by atoms with E-state index in [4.69, 9.17) is 22.9 Å². The van der Waals surface area contributed by atoms with Crippen LogP contribution in [0.5, 0.6) is 0 Å². The maximum atomic E-state index is 14.7. The number of para-hydroxylation sites is 2. The van der Waals surface area contributed by atoms with Gasteiger partial charge in [-0.25, -0.2) is 4.79 Å². The van der Waals surface area contributed by atoms with Crippen LogP contribution in [-0.4, -0.2) is 259 Å². The Morgan fingerprint density at radius 2 is 0.782 bits per heavy atom. The maximum Gasteiger partial charge on any atom is 0.326 e. The number of rotatable bonds is 57. The molecule has 15 amide bonds. The lowest BCUT2D eigenvalue weighted by Crippen LogP contribution is -2.62. The van der Waals surface area contributed by atoms with Crippen molar-refractivity contribution < 1.29 is 107 Å². The molecule has 0 spiro atoms. The Labute approximate surface area is 727 Å². The van der Waals surface area contributed by atoms with E-state index in [0.717, 1.165) is 17.8 Å². The number of fused-ring (bicyclic) bond motifs is 2. The van der Waals surface area contributed by atoms with Crippen LogP contribution in [0.25, 0.3) is 21.8 Å². The van der Waals surface area contributed by atoms with Crippen LogP contribution >= 0.6 is 25.3 Å². The molecule has 124 heavy (non-hydrogen) atoms. The lowest BCUT2D eigenvalue weighted by atomic mass is 9.99. The Kier molecular flexibility index (Phi) is 44.7. The Bertz CT molecular complexity index is 4350. The second-order valence-electron chi connectivity index (χ2n) is 31.4. The first kappa shape index (κ1) is 105. The highest BCUT2D eigenvalue weighted by atomic mass is 32.1. The van der Waals surface area contributed by atoms with E-state index >= 15 is 0 Å². The van der Waals surface area contributed by atoms with Gasteiger partial charge >= 0.3 is 17.9 Å². The van der Waals surface area contributed by atoms with Gasteiger partial charge in [-0.3, -0.25) is 81.5 Å². The van der Waals surface area contributed by atoms with E-state index in [9.17, 15) is 107 Å². The average molecular weight is 1780 g/mol. The third kappa shape index (κ3) is 35.4. The first-order valence-electron chi connectivity index (χ1n) is 40.8. The van der Waals surface area contributed by atoms with E-state index in [-0.39, 0.29) is 76.1 Å². The number of carbonyl (C=O) groups is 18. The van der Waals surface area contributed by atoms with Crippen LogP contribution in [0.4, 0.5) is 0 Å². The first-order chi connectivity index (χ1) is 58.5. The molecular formula is C80H122N20O22S2. The molecule has 4 rings (SSSR count). The molecule has 0 unspecified atom stereocenters. The van der Waals surface area contributed by atoms with Gasteiger partial charge in [0.1, 0.15) is 78.5 Å². The molecule has 2 aromatic carbocycles. The zero-order chi connectivity index (χ0) is 92.8. The minimum absolute atomic E-state index is 0.000737. The monoisotopic (exact) mass is 1780 g/mol. The summed E-state index contributed by atoms with van der Waals surface area (Å²) < 4.78 is 0. The number of hydrogen-bond donors (Lipinski definition) is 26. The van der Waals surface area contributed by atoms with Gasteiger partial charge < -0.3 is 128 Å². The molecule has 0 fully saturated rings. The van der Waals surface area contributed by atoms with Gasteiger partial charge in [0.15, 0.2) is 0 Å². The number of hydrogen-bond acceptors (Lipinski definition) is 24. The number of aliphatic hydroxyl groups is 1. The summed E-state index contributed by atoms with van der Waals surface area (Å²) in [7, 11) is 0. The first-order valence-corrected chi connectivity index (χ1v) is 42.1. The number of aliphatic hydroxyl groups excluding tert-OH is 1. The van der Waals surface area contributed by atoms with E-state index in [2.05, 4.69) is 110 Å². The number of amides is 15. The zero-order valence-corrected chi connectivity index (χ0v) is 72.4. The third-order valence-electron chi connectivity index (χ3n) is 19.7. The fraction of sp³-hybridized carbons (Fsp3) is 0.575. The molecular weight excluding hydrogens is 1660 g/mol. The van der Waals surface area contributed by atoms with Crippen molar-refractivity contribution in [2.24, 2.45) is 40.7 Å². The molecule has 0 saturated carbocycles. The van der Waals surface area contributed by atoms with E-state index in [0.29, 0.717) is 34.9 Å². The fourth-order valence-electron chi connectivity index (χ4n) is 13.0. The molecule has 0 aliphatic carbocycles. The van der Waals surface area contributed by atoms with E-state index < -0.39 is 253 Å². The van der Waals surface area contributed by atoms with Crippen molar-refractivity contribution in [3.05, 3.63) is 72.1 Å². The van der Waals surface area contributed by atoms with Gasteiger partial charge in [-0.05, 0) is 132 Å². The molecule has 0 aliphatic heterocycles. The number of nitrogens with one attached hydrogen (secondary N) is 16. The number of thiol groups is 2. The maximum absolute atomic E-state index is 14.7. The smallest absolute Gasteiger partial charge is 0.326 e. The normalized spacial score (nSPS) is 15.0. The van der Waals surface area contributed by atoms with Gasteiger partial charge in [0.05, 0.1) is 25.1 Å². The largest absolute Gasteiger partial charge is 0.481 e.